The maximum atomic E-state index is 13.9. The van der Waals surface area contributed by atoms with Crippen LogP contribution in [0, 0.1) is 17.8 Å². The van der Waals surface area contributed by atoms with E-state index >= 15 is 0 Å². The first-order chi connectivity index (χ1) is 39.2. The van der Waals surface area contributed by atoms with Gasteiger partial charge in [0.05, 0.1) is 0 Å². The Morgan fingerprint density at radius 1 is 0.362 bits per heavy atom. The molecule has 2 rings (SSSR count). The Hall–Kier alpha value is -1.41. The summed E-state index contributed by atoms with van der Waals surface area (Å²) in [6, 6.07) is 0. The van der Waals surface area contributed by atoms with Gasteiger partial charge in [0.15, 0.2) is 0 Å². The Labute approximate surface area is 509 Å². The normalized spacial score (nSPS) is 16.6. The van der Waals surface area contributed by atoms with Gasteiger partial charge < -0.3 is 0 Å². The summed E-state index contributed by atoms with van der Waals surface area (Å²) in [6.07, 6.45) is 59.9. The summed E-state index contributed by atoms with van der Waals surface area (Å²) in [4.78, 5) is 79.7. The van der Waals surface area contributed by atoms with Gasteiger partial charge in [0.25, 0.3) is 0 Å². The molecule has 2 aliphatic rings. The van der Waals surface area contributed by atoms with Crippen molar-refractivity contribution in [2.24, 2.45) is 17.8 Å². The molecule has 80 heavy (non-hydrogen) atoms. The molecule has 2 heterocycles. The first kappa shape index (κ1) is 74.7. The van der Waals surface area contributed by atoms with Crippen LogP contribution in [0.2, 0.25) is 0 Å². The molecule has 2 aliphatic heterocycles. The molecule has 466 valence electrons. The molecule has 0 radical (unpaired) electrons. The average molecular weight is 1520 g/mol. The molecule has 3 unspecified atom stereocenters. The van der Waals surface area contributed by atoms with E-state index in [0.717, 1.165) is 77.0 Å². The van der Waals surface area contributed by atoms with Crippen LogP contribution in [0.15, 0.2) is 0 Å². The monoisotopic (exact) mass is 1520 g/mol. The number of carbonyl (C=O) groups is 6. The van der Waals surface area contributed by atoms with Gasteiger partial charge >= 0.3 is 338 Å². The first-order valence-electron chi connectivity index (χ1n) is 34.0. The van der Waals surface area contributed by atoms with Crippen LogP contribution >= 0.6 is 0 Å². The van der Waals surface area contributed by atoms with Gasteiger partial charge in [-0.3, -0.25) is 0 Å². The van der Waals surface area contributed by atoms with Crippen molar-refractivity contribution in [3.63, 3.8) is 0 Å². The van der Waals surface area contributed by atoms with E-state index in [-0.39, 0.29) is 12.8 Å². The van der Waals surface area contributed by atoms with Crippen molar-refractivity contribution in [1.82, 2.24) is 0 Å². The molecule has 0 amide bonds. The van der Waals surface area contributed by atoms with Crippen LogP contribution in [-0.4, -0.2) is 82.0 Å². The third kappa shape index (κ3) is 43.2. The zero-order valence-electron chi connectivity index (χ0n) is 51.7. The Bertz CT molecular complexity index is 1550. The summed E-state index contributed by atoms with van der Waals surface area (Å²) in [6.45, 7) is 6.78. The quantitative estimate of drug-likeness (QED) is 0.0420. The molecule has 14 heteroatoms. The summed E-state index contributed by atoms with van der Waals surface area (Å²) < 4.78 is 33.5. The van der Waals surface area contributed by atoms with Crippen LogP contribution in [0.3, 0.4) is 0 Å². The molecular weight excluding hydrogens is 1400 g/mol. The van der Waals surface area contributed by atoms with Crippen LogP contribution in [0.4, 0.5) is 0 Å². The summed E-state index contributed by atoms with van der Waals surface area (Å²) >= 11 is -8.69. The minimum absolute atomic E-state index is 0.109. The van der Waals surface area contributed by atoms with Crippen molar-refractivity contribution in [2.45, 2.75) is 367 Å². The van der Waals surface area contributed by atoms with Gasteiger partial charge in [0.2, 0.25) is 0 Å². The van der Waals surface area contributed by atoms with Crippen LogP contribution in [0.25, 0.3) is 0 Å². The van der Waals surface area contributed by atoms with E-state index in [0.29, 0.717) is 25.7 Å². The second-order valence-electron chi connectivity index (χ2n) is 24.0. The van der Waals surface area contributed by atoms with Crippen molar-refractivity contribution in [3.05, 3.63) is 0 Å². The van der Waals surface area contributed by atoms with Crippen molar-refractivity contribution in [1.29, 1.82) is 0 Å². The van der Waals surface area contributed by atoms with Crippen molar-refractivity contribution < 1.29 is 45.6 Å². The van der Waals surface area contributed by atoms with E-state index in [9.17, 15) is 28.8 Å². The Balaban J connectivity index is 1.79. The predicted octanol–water partition coefficient (Wildman–Crippen LogP) is 19.2. The molecule has 0 saturated carbocycles. The SMILES string of the molecule is CCCCCCCCCCCCCCCCCCC1CC(=O)[O][Bi]([O]C(=O)CC(CCCCCCCCCCCCCCCCCC)C(=O)[O][Bi]2[O]C(=O)CC(CCCCCCCCCCCCCCCCCC)C(=O)[O]2)[O]C1=O. The molecule has 0 N–H and O–H groups in total. The third-order valence-electron chi connectivity index (χ3n) is 16.5. The van der Waals surface area contributed by atoms with E-state index in [2.05, 4.69) is 20.8 Å². The van der Waals surface area contributed by atoms with Gasteiger partial charge in [0, 0.05) is 0 Å². The summed E-state index contributed by atoms with van der Waals surface area (Å²) in [7, 11) is 0. The standard InChI is InChI=1S/3C22H42O4.2Bi/c3*1-2-3-4-5-6-7-8-9-10-11-12-13-14-15-16-17-18-20(22(25)26)19-21(23)24;;/h3*20H,2-19H2,1H3,(H,23,24)(H,25,26);;/q;;;2*+3/p-6. The van der Waals surface area contributed by atoms with Crippen molar-refractivity contribution in [2.75, 3.05) is 0 Å². The topological polar surface area (TPSA) is 158 Å². The first-order valence-corrected chi connectivity index (χ1v) is 42.6. The molecule has 3 atom stereocenters. The van der Waals surface area contributed by atoms with Gasteiger partial charge in [-0.25, -0.2) is 0 Å². The van der Waals surface area contributed by atoms with E-state index in [4.69, 9.17) is 16.9 Å². The number of hydrogen-bond acceptors (Lipinski definition) is 12. The van der Waals surface area contributed by atoms with Crippen LogP contribution in [0.1, 0.15) is 367 Å². The van der Waals surface area contributed by atoms with Gasteiger partial charge in [0.1, 0.15) is 0 Å². The maximum absolute atomic E-state index is 13.9. The van der Waals surface area contributed by atoms with Gasteiger partial charge in [-0.1, -0.05) is 175 Å². The average Bonchev–Trinajstić information content (AvgIpc) is 3.66. The minimum atomic E-state index is -4.36. The second-order valence-corrected chi connectivity index (χ2v) is 31.8. The number of unbranched alkanes of at least 4 members (excludes halogenated alkanes) is 45. The number of hydrogen-bond donors (Lipinski definition) is 0. The van der Waals surface area contributed by atoms with E-state index in [1.807, 2.05) is 0 Å². The predicted molar refractivity (Wildman–Crippen MR) is 325 cm³/mol. The summed E-state index contributed by atoms with van der Waals surface area (Å²) in [5.41, 5.74) is 0. The van der Waals surface area contributed by atoms with Gasteiger partial charge in [-0.2, -0.15) is 0 Å². The Kier molecular flexibility index (Phi) is 50.6. The fourth-order valence-electron chi connectivity index (χ4n) is 11.2. The molecule has 0 aliphatic carbocycles. The molecule has 0 aromatic heterocycles. The molecule has 0 spiro atoms. The Morgan fingerprint density at radius 2 is 0.613 bits per heavy atom. The molecule has 2 fully saturated rings. The van der Waals surface area contributed by atoms with Crippen LogP contribution < -0.4 is 0 Å². The van der Waals surface area contributed by atoms with E-state index in [1.54, 1.807) is 0 Å². The molecule has 0 aromatic carbocycles. The zero-order chi connectivity index (χ0) is 57.8. The van der Waals surface area contributed by atoms with Crippen LogP contribution in [0.5, 0.6) is 0 Å². The summed E-state index contributed by atoms with van der Waals surface area (Å²) in [5, 5.41) is 0. The van der Waals surface area contributed by atoms with Gasteiger partial charge in [-0.15, -0.1) is 0 Å². The molecule has 0 aromatic rings. The fourth-order valence-corrected chi connectivity index (χ4v) is 18.4. The van der Waals surface area contributed by atoms with E-state index in [1.165, 1.54) is 225 Å². The molecule has 0 bridgehead atoms. The zero-order valence-corrected chi connectivity index (χ0v) is 58.7. The summed E-state index contributed by atoms with van der Waals surface area (Å²) in [5.74, 6) is -6.19. The molecule has 2 saturated heterocycles. The van der Waals surface area contributed by atoms with Gasteiger partial charge in [-0.05, 0) is 0 Å². The number of rotatable bonds is 56. The third-order valence-corrected chi connectivity index (χ3v) is 24.4. The molecule has 12 nitrogen and oxygen atoms in total. The second kappa shape index (κ2) is 54.3. The van der Waals surface area contributed by atoms with Crippen molar-refractivity contribution in [3.8, 4) is 0 Å². The number of carbonyl (C=O) groups excluding carboxylic acids is 6. The molecular formula is C66H120Bi2O12. The fraction of sp³-hybridized carbons (Fsp3) is 0.909. The van der Waals surface area contributed by atoms with Crippen LogP contribution in [-0.2, 0) is 45.6 Å². The van der Waals surface area contributed by atoms with E-state index < -0.39 is 106 Å². The van der Waals surface area contributed by atoms with Crippen molar-refractivity contribution >= 4 is 82.0 Å². The Morgan fingerprint density at radius 3 is 0.900 bits per heavy atom.